The van der Waals surface area contributed by atoms with Crippen LogP contribution in [0.1, 0.15) is 27.8 Å². The zero-order valence-corrected chi connectivity index (χ0v) is 13.4. The van der Waals surface area contributed by atoms with Gasteiger partial charge in [0.2, 0.25) is 0 Å². The van der Waals surface area contributed by atoms with Gasteiger partial charge in [0.05, 0.1) is 0 Å². The van der Waals surface area contributed by atoms with Gasteiger partial charge in [0.25, 0.3) is 0 Å². The lowest BCUT2D eigenvalue weighted by atomic mass is 9.85. The summed E-state index contributed by atoms with van der Waals surface area (Å²) in [6, 6.07) is 11.6. The van der Waals surface area contributed by atoms with Crippen LogP contribution in [-0.2, 0) is 0 Å². The largest absolute Gasteiger partial charge is 0.0551 e. The Balaban J connectivity index is 2.47. The molecule has 0 unspecified atom stereocenters. The van der Waals surface area contributed by atoms with Crippen LogP contribution in [-0.4, -0.2) is 0 Å². The fraction of sp³-hybridized carbons (Fsp3) is 0.238. The van der Waals surface area contributed by atoms with Gasteiger partial charge < -0.3 is 0 Å². The maximum atomic E-state index is 2.31. The maximum absolute atomic E-state index is 2.31. The van der Waals surface area contributed by atoms with E-state index in [2.05, 4.69) is 65.0 Å². The van der Waals surface area contributed by atoms with Gasteiger partial charge in [-0.2, -0.15) is 0 Å². The number of hydrogen-bond acceptors (Lipinski definition) is 0. The molecule has 0 N–H and O–H groups in total. The second-order valence-electron chi connectivity index (χ2n) is 6.46. The van der Waals surface area contributed by atoms with E-state index in [1.54, 1.807) is 0 Å². The van der Waals surface area contributed by atoms with E-state index >= 15 is 0 Å². The summed E-state index contributed by atoms with van der Waals surface area (Å²) < 4.78 is 0. The molecule has 4 aromatic carbocycles. The molecule has 0 amide bonds. The van der Waals surface area contributed by atoms with Crippen molar-refractivity contribution < 1.29 is 0 Å². The molecule has 0 saturated carbocycles. The van der Waals surface area contributed by atoms with Crippen molar-refractivity contribution >= 4 is 32.3 Å². The molecule has 0 aliphatic rings. The number of benzene rings is 4. The number of hydrogen-bond donors (Lipinski definition) is 0. The van der Waals surface area contributed by atoms with E-state index in [4.69, 9.17) is 0 Å². The number of rotatable bonds is 0. The SMILES string of the molecule is Cc1c(C)c2ccc3c(C)cc(C)c4ccc(c1C)c2c34. The third-order valence-electron chi connectivity index (χ3n) is 5.38. The van der Waals surface area contributed by atoms with Crippen LogP contribution in [0.15, 0.2) is 30.3 Å². The van der Waals surface area contributed by atoms with Crippen molar-refractivity contribution in [2.24, 2.45) is 0 Å². The second-order valence-corrected chi connectivity index (χ2v) is 6.46. The molecule has 4 rings (SSSR count). The zero-order valence-electron chi connectivity index (χ0n) is 13.4. The van der Waals surface area contributed by atoms with Crippen molar-refractivity contribution in [3.05, 3.63) is 58.1 Å². The maximum Gasteiger partial charge on any atom is -0.00211 e. The molecule has 0 heteroatoms. The lowest BCUT2D eigenvalue weighted by Gasteiger charge is -2.19. The van der Waals surface area contributed by atoms with Crippen molar-refractivity contribution in [2.75, 3.05) is 0 Å². The second kappa shape index (κ2) is 3.98. The van der Waals surface area contributed by atoms with E-state index in [0.29, 0.717) is 0 Å². The molecule has 21 heavy (non-hydrogen) atoms. The van der Waals surface area contributed by atoms with E-state index in [9.17, 15) is 0 Å². The summed E-state index contributed by atoms with van der Waals surface area (Å²) in [5.74, 6) is 0. The van der Waals surface area contributed by atoms with Gasteiger partial charge in [-0.1, -0.05) is 30.3 Å². The first kappa shape index (κ1) is 12.6. The van der Waals surface area contributed by atoms with Gasteiger partial charge >= 0.3 is 0 Å². The van der Waals surface area contributed by atoms with Gasteiger partial charge in [0.15, 0.2) is 0 Å². The lowest BCUT2D eigenvalue weighted by molar-refractivity contribution is 1.32. The van der Waals surface area contributed by atoms with E-state index in [1.165, 1.54) is 60.1 Å². The molecule has 0 aliphatic carbocycles. The smallest absolute Gasteiger partial charge is 0.00211 e. The van der Waals surface area contributed by atoms with Crippen LogP contribution in [0.2, 0.25) is 0 Å². The molecule has 0 spiro atoms. The lowest BCUT2D eigenvalue weighted by Crippen LogP contribution is -1.95. The quantitative estimate of drug-likeness (QED) is 0.338. The fourth-order valence-corrected chi connectivity index (χ4v) is 3.94. The molecular formula is C21H20. The molecule has 0 aromatic heterocycles. The summed E-state index contributed by atoms with van der Waals surface area (Å²) in [5.41, 5.74) is 7.03. The third kappa shape index (κ3) is 1.45. The third-order valence-corrected chi connectivity index (χ3v) is 5.38. The Kier molecular flexibility index (Phi) is 2.39. The summed E-state index contributed by atoms with van der Waals surface area (Å²) in [4.78, 5) is 0. The molecule has 0 fully saturated rings. The van der Waals surface area contributed by atoms with Crippen LogP contribution < -0.4 is 0 Å². The predicted octanol–water partition coefficient (Wildman–Crippen LogP) is 6.13. The topological polar surface area (TPSA) is 0 Å². The molecule has 0 nitrogen and oxygen atoms in total. The monoisotopic (exact) mass is 272 g/mol. The highest BCUT2D eigenvalue weighted by Crippen LogP contribution is 2.40. The Morgan fingerprint density at radius 3 is 1.33 bits per heavy atom. The highest BCUT2D eigenvalue weighted by Gasteiger charge is 2.15. The van der Waals surface area contributed by atoms with Crippen molar-refractivity contribution in [3.63, 3.8) is 0 Å². The average Bonchev–Trinajstić information content (AvgIpc) is 2.48. The van der Waals surface area contributed by atoms with Gasteiger partial charge in [0.1, 0.15) is 0 Å². The van der Waals surface area contributed by atoms with E-state index in [0.717, 1.165) is 0 Å². The molecular weight excluding hydrogens is 252 g/mol. The fourth-order valence-electron chi connectivity index (χ4n) is 3.94. The van der Waals surface area contributed by atoms with Gasteiger partial charge in [0, 0.05) is 0 Å². The number of aryl methyl sites for hydroxylation is 4. The van der Waals surface area contributed by atoms with Crippen molar-refractivity contribution in [3.8, 4) is 0 Å². The molecule has 0 bridgehead atoms. The molecule has 0 saturated heterocycles. The van der Waals surface area contributed by atoms with Gasteiger partial charge in [-0.3, -0.25) is 0 Å². The first-order valence-corrected chi connectivity index (χ1v) is 7.65. The minimum Gasteiger partial charge on any atom is -0.0551 e. The molecule has 104 valence electrons. The zero-order chi connectivity index (χ0) is 14.9. The van der Waals surface area contributed by atoms with Gasteiger partial charge in [-0.25, -0.2) is 0 Å². The average molecular weight is 272 g/mol. The summed E-state index contributed by atoms with van der Waals surface area (Å²) in [6.45, 7) is 11.2. The van der Waals surface area contributed by atoms with Crippen LogP contribution >= 0.6 is 0 Å². The van der Waals surface area contributed by atoms with Crippen LogP contribution in [0.5, 0.6) is 0 Å². The van der Waals surface area contributed by atoms with Crippen molar-refractivity contribution in [1.82, 2.24) is 0 Å². The van der Waals surface area contributed by atoms with E-state index < -0.39 is 0 Å². The molecule has 4 aromatic rings. The summed E-state index contributed by atoms with van der Waals surface area (Å²) in [7, 11) is 0. The summed E-state index contributed by atoms with van der Waals surface area (Å²) in [6.07, 6.45) is 0. The highest BCUT2D eigenvalue weighted by atomic mass is 14.2. The van der Waals surface area contributed by atoms with Crippen LogP contribution in [0.3, 0.4) is 0 Å². The predicted molar refractivity (Wildman–Crippen MR) is 93.8 cm³/mol. The normalized spacial score (nSPS) is 12.0. The van der Waals surface area contributed by atoms with Gasteiger partial charge in [-0.05, 0) is 94.8 Å². The van der Waals surface area contributed by atoms with Crippen molar-refractivity contribution in [2.45, 2.75) is 34.6 Å². The Hall–Kier alpha value is -2.08. The first-order chi connectivity index (χ1) is 10.0. The molecule has 0 radical (unpaired) electrons. The highest BCUT2D eigenvalue weighted by molar-refractivity contribution is 6.25. The van der Waals surface area contributed by atoms with E-state index in [-0.39, 0.29) is 0 Å². The minimum atomic E-state index is 1.38. The van der Waals surface area contributed by atoms with Crippen LogP contribution in [0.4, 0.5) is 0 Å². The first-order valence-electron chi connectivity index (χ1n) is 7.65. The summed E-state index contributed by atoms with van der Waals surface area (Å²) >= 11 is 0. The minimum absolute atomic E-state index is 1.38. The summed E-state index contributed by atoms with van der Waals surface area (Å²) in [5, 5.41) is 8.53. The van der Waals surface area contributed by atoms with Gasteiger partial charge in [-0.15, -0.1) is 0 Å². The Labute approximate surface area is 125 Å². The molecule has 0 aliphatic heterocycles. The Morgan fingerprint density at radius 1 is 0.476 bits per heavy atom. The van der Waals surface area contributed by atoms with E-state index in [1.807, 2.05) is 0 Å². The van der Waals surface area contributed by atoms with Crippen LogP contribution in [0.25, 0.3) is 32.3 Å². The molecule has 0 heterocycles. The standard InChI is InChI=1S/C21H20/c1-11-10-12(2)17-7-9-19-15(5)13(3)14(4)18-8-6-16(11)20(17)21(18)19/h6-10H,1-5H3. The Bertz CT molecular complexity index is 943. The van der Waals surface area contributed by atoms with Crippen molar-refractivity contribution in [1.29, 1.82) is 0 Å². The molecule has 0 atom stereocenters. The Morgan fingerprint density at radius 2 is 0.857 bits per heavy atom. The van der Waals surface area contributed by atoms with Crippen LogP contribution in [0, 0.1) is 34.6 Å².